The second-order valence-electron chi connectivity index (χ2n) is 4.63. The molecule has 1 aromatic carbocycles. The molecule has 0 bridgehead atoms. The predicted molar refractivity (Wildman–Crippen MR) is 75.4 cm³/mol. The molecule has 1 aromatic rings. The summed E-state index contributed by atoms with van der Waals surface area (Å²) >= 11 is 0. The van der Waals surface area contributed by atoms with E-state index < -0.39 is 5.97 Å². The molecule has 0 heterocycles. The Morgan fingerprint density at radius 3 is 2.45 bits per heavy atom. The highest BCUT2D eigenvalue weighted by molar-refractivity contribution is 5.72. The van der Waals surface area contributed by atoms with Crippen molar-refractivity contribution in [3.05, 3.63) is 35.4 Å². The van der Waals surface area contributed by atoms with Gasteiger partial charge in [-0.25, -0.2) is 0 Å². The van der Waals surface area contributed by atoms with Gasteiger partial charge in [-0.05, 0) is 24.1 Å². The summed E-state index contributed by atoms with van der Waals surface area (Å²) in [5.74, 6) is -1.14. The molecule has 0 spiro atoms. The molecule has 0 saturated carbocycles. The maximum absolute atomic E-state index is 11.4. The Morgan fingerprint density at radius 2 is 1.90 bits per heavy atom. The molecule has 0 saturated heterocycles. The normalized spacial score (nSPS) is 10.6. The van der Waals surface area contributed by atoms with Gasteiger partial charge in [-0.15, -0.1) is 0 Å². The van der Waals surface area contributed by atoms with E-state index in [9.17, 15) is 9.59 Å². The molecule has 0 radical (unpaired) electrons. The minimum absolute atomic E-state index is 0.00559. The third kappa shape index (κ3) is 5.40. The lowest BCUT2D eigenvalue weighted by Gasteiger charge is -2.21. The fourth-order valence-corrected chi connectivity index (χ4v) is 2.07. The Labute approximate surface area is 119 Å². The zero-order chi connectivity index (χ0) is 15.0. The van der Waals surface area contributed by atoms with E-state index in [2.05, 4.69) is 4.74 Å². The number of benzene rings is 1. The number of carboxylic acids is 1. The van der Waals surface area contributed by atoms with E-state index in [1.165, 1.54) is 7.11 Å². The first kappa shape index (κ1) is 16.2. The Hall–Kier alpha value is -1.88. The minimum atomic E-state index is -0.854. The average Bonchev–Trinajstić information content (AvgIpc) is 2.40. The fourth-order valence-electron chi connectivity index (χ4n) is 2.07. The minimum Gasteiger partial charge on any atom is -0.481 e. The van der Waals surface area contributed by atoms with Gasteiger partial charge in [-0.2, -0.15) is 0 Å². The molecule has 1 rings (SSSR count). The molecule has 0 atom stereocenters. The summed E-state index contributed by atoms with van der Waals surface area (Å²) in [5.41, 5.74) is 1.72. The smallest absolute Gasteiger partial charge is 0.319 e. The maximum atomic E-state index is 11.4. The van der Waals surface area contributed by atoms with Crippen molar-refractivity contribution in [1.82, 2.24) is 4.90 Å². The molecule has 0 aliphatic carbocycles. The molecule has 0 aliphatic heterocycles. The molecule has 0 aliphatic rings. The highest BCUT2D eigenvalue weighted by atomic mass is 16.5. The van der Waals surface area contributed by atoms with Crippen LogP contribution in [0.15, 0.2) is 24.3 Å². The van der Waals surface area contributed by atoms with Crippen LogP contribution in [0.2, 0.25) is 0 Å². The Balaban J connectivity index is 2.81. The third-order valence-corrected chi connectivity index (χ3v) is 2.97. The number of carbonyl (C=O) groups is 2. The summed E-state index contributed by atoms with van der Waals surface area (Å²) in [6, 6.07) is 7.42. The van der Waals surface area contributed by atoms with E-state index in [0.717, 1.165) is 24.1 Å². The fraction of sp³-hybridized carbons (Fsp3) is 0.467. The van der Waals surface area contributed by atoms with E-state index in [-0.39, 0.29) is 18.9 Å². The zero-order valence-electron chi connectivity index (χ0n) is 12.0. The molecule has 20 heavy (non-hydrogen) atoms. The average molecular weight is 279 g/mol. The van der Waals surface area contributed by atoms with Gasteiger partial charge in [0.2, 0.25) is 0 Å². The largest absolute Gasteiger partial charge is 0.481 e. The van der Waals surface area contributed by atoms with Gasteiger partial charge in [0.15, 0.2) is 0 Å². The van der Waals surface area contributed by atoms with Crippen molar-refractivity contribution in [3.8, 4) is 0 Å². The maximum Gasteiger partial charge on any atom is 0.319 e. The lowest BCUT2D eigenvalue weighted by molar-refractivity contribution is -0.142. The predicted octanol–water partition coefficient (Wildman–Crippen LogP) is 1.70. The van der Waals surface area contributed by atoms with Crippen LogP contribution < -0.4 is 0 Å². The van der Waals surface area contributed by atoms with Crippen LogP contribution in [-0.2, 0) is 27.3 Å². The van der Waals surface area contributed by atoms with Crippen molar-refractivity contribution in [2.24, 2.45) is 0 Å². The quantitative estimate of drug-likeness (QED) is 0.734. The van der Waals surface area contributed by atoms with Crippen LogP contribution in [0.1, 0.15) is 24.5 Å². The molecule has 5 nitrogen and oxygen atoms in total. The third-order valence-electron chi connectivity index (χ3n) is 2.97. The molecular formula is C15H21NO4. The lowest BCUT2D eigenvalue weighted by atomic mass is 10.0. The highest BCUT2D eigenvalue weighted by Crippen LogP contribution is 2.13. The van der Waals surface area contributed by atoms with Crippen LogP contribution in [0.4, 0.5) is 0 Å². The lowest BCUT2D eigenvalue weighted by Crippen LogP contribution is -2.31. The topological polar surface area (TPSA) is 66.8 Å². The first-order valence-corrected chi connectivity index (χ1v) is 6.64. The Kier molecular flexibility index (Phi) is 6.73. The van der Waals surface area contributed by atoms with Gasteiger partial charge in [0.25, 0.3) is 0 Å². The van der Waals surface area contributed by atoms with Gasteiger partial charge in [0.1, 0.15) is 0 Å². The molecule has 0 aromatic heterocycles. The van der Waals surface area contributed by atoms with E-state index in [4.69, 9.17) is 5.11 Å². The summed E-state index contributed by atoms with van der Waals surface area (Å²) < 4.78 is 4.68. The summed E-state index contributed by atoms with van der Waals surface area (Å²) in [6.45, 7) is 3.56. The molecule has 110 valence electrons. The number of carbonyl (C=O) groups excluding carboxylic acids is 1. The number of aliphatic carboxylic acids is 1. The summed E-state index contributed by atoms with van der Waals surface area (Å²) in [7, 11) is 1.37. The standard InChI is InChI=1S/C15H21NO4/c1-3-8-16(11-15(19)20-2)10-13-7-5-4-6-12(13)9-14(17)18/h4-7H,3,8-11H2,1-2H3,(H,17,18). The Bertz CT molecular complexity index is 459. The van der Waals surface area contributed by atoms with Crippen LogP contribution in [0, 0.1) is 0 Å². The second kappa shape index (κ2) is 8.32. The number of carboxylic acid groups (broad SMARTS) is 1. The number of esters is 1. The van der Waals surface area contributed by atoms with E-state index in [1.807, 2.05) is 36.1 Å². The van der Waals surface area contributed by atoms with Crippen molar-refractivity contribution in [2.45, 2.75) is 26.3 Å². The van der Waals surface area contributed by atoms with Crippen LogP contribution >= 0.6 is 0 Å². The van der Waals surface area contributed by atoms with Gasteiger partial charge < -0.3 is 9.84 Å². The van der Waals surface area contributed by atoms with E-state index in [0.29, 0.717) is 6.54 Å². The van der Waals surface area contributed by atoms with Gasteiger partial charge in [-0.3, -0.25) is 14.5 Å². The monoisotopic (exact) mass is 279 g/mol. The Morgan fingerprint density at radius 1 is 1.25 bits per heavy atom. The number of ether oxygens (including phenoxy) is 1. The summed E-state index contributed by atoms with van der Waals surface area (Å²) in [4.78, 5) is 24.2. The SMILES string of the molecule is CCCN(CC(=O)OC)Cc1ccccc1CC(=O)O. The first-order chi connectivity index (χ1) is 9.56. The molecule has 0 fully saturated rings. The number of hydrogen-bond donors (Lipinski definition) is 1. The van der Waals surface area contributed by atoms with E-state index in [1.54, 1.807) is 0 Å². The van der Waals surface area contributed by atoms with Gasteiger partial charge in [0.05, 0.1) is 20.1 Å². The van der Waals surface area contributed by atoms with Crippen molar-refractivity contribution in [3.63, 3.8) is 0 Å². The van der Waals surface area contributed by atoms with Crippen molar-refractivity contribution in [2.75, 3.05) is 20.2 Å². The van der Waals surface area contributed by atoms with Crippen LogP contribution in [0.5, 0.6) is 0 Å². The van der Waals surface area contributed by atoms with Gasteiger partial charge >= 0.3 is 11.9 Å². The highest BCUT2D eigenvalue weighted by Gasteiger charge is 2.13. The van der Waals surface area contributed by atoms with Crippen LogP contribution in [0.3, 0.4) is 0 Å². The van der Waals surface area contributed by atoms with Crippen molar-refractivity contribution < 1.29 is 19.4 Å². The first-order valence-electron chi connectivity index (χ1n) is 6.64. The van der Waals surface area contributed by atoms with Crippen LogP contribution in [-0.4, -0.2) is 42.1 Å². The molecule has 0 unspecified atom stereocenters. The van der Waals surface area contributed by atoms with Crippen molar-refractivity contribution in [1.29, 1.82) is 0 Å². The zero-order valence-corrected chi connectivity index (χ0v) is 12.0. The summed E-state index contributed by atoms with van der Waals surface area (Å²) in [6.07, 6.45) is 0.909. The van der Waals surface area contributed by atoms with Gasteiger partial charge in [0, 0.05) is 6.54 Å². The number of hydrogen-bond acceptors (Lipinski definition) is 4. The molecule has 0 amide bonds. The second-order valence-corrected chi connectivity index (χ2v) is 4.63. The van der Waals surface area contributed by atoms with E-state index >= 15 is 0 Å². The van der Waals surface area contributed by atoms with Crippen molar-refractivity contribution >= 4 is 11.9 Å². The number of rotatable bonds is 8. The number of nitrogens with zero attached hydrogens (tertiary/aromatic N) is 1. The van der Waals surface area contributed by atoms with Gasteiger partial charge in [-0.1, -0.05) is 31.2 Å². The molecule has 1 N–H and O–H groups in total. The molecule has 5 heteroatoms. The molecular weight excluding hydrogens is 258 g/mol. The number of methoxy groups -OCH3 is 1. The summed E-state index contributed by atoms with van der Waals surface area (Å²) in [5, 5.41) is 8.92. The van der Waals surface area contributed by atoms with Crippen LogP contribution in [0.25, 0.3) is 0 Å².